The number of sulfonamides is 1. The van der Waals surface area contributed by atoms with E-state index in [1.807, 2.05) is 30.3 Å². The van der Waals surface area contributed by atoms with Gasteiger partial charge in [-0.25, -0.2) is 17.6 Å². The number of nitrogens with one attached hydrogen (secondary N) is 2. The van der Waals surface area contributed by atoms with Crippen molar-refractivity contribution in [2.24, 2.45) is 5.73 Å². The van der Waals surface area contributed by atoms with Crippen LogP contribution in [0.4, 0.5) is 14.9 Å². The van der Waals surface area contributed by atoms with E-state index in [9.17, 15) is 13.2 Å². The summed E-state index contributed by atoms with van der Waals surface area (Å²) >= 11 is 0. The smallest absolute Gasteiger partial charge is 0.327 e. The van der Waals surface area contributed by atoms with E-state index in [4.69, 9.17) is 5.73 Å². The average Bonchev–Trinajstić information content (AvgIpc) is 3.16. The number of piperidine rings is 2. The van der Waals surface area contributed by atoms with Gasteiger partial charge < -0.3 is 21.3 Å². The lowest BCUT2D eigenvalue weighted by Gasteiger charge is -2.31. The van der Waals surface area contributed by atoms with Gasteiger partial charge in [0.1, 0.15) is 16.9 Å². The average molecular weight is 608 g/mol. The normalized spacial score (nSPS) is 26.8. The summed E-state index contributed by atoms with van der Waals surface area (Å²) in [5.41, 5.74) is 9.89. The summed E-state index contributed by atoms with van der Waals surface area (Å²) in [5, 5.41) is 6.20. The Labute approximate surface area is 252 Å². The molecule has 6 aliphatic rings. The summed E-state index contributed by atoms with van der Waals surface area (Å²) in [6.07, 6.45) is 6.75. The Morgan fingerprint density at radius 1 is 0.907 bits per heavy atom. The van der Waals surface area contributed by atoms with Gasteiger partial charge in [-0.05, 0) is 87.8 Å². The lowest BCUT2D eigenvalue weighted by Crippen LogP contribution is -2.51. The number of fused-ring (bicyclic) bond motifs is 5. The van der Waals surface area contributed by atoms with E-state index in [2.05, 4.69) is 20.4 Å². The molecule has 1 atom stereocenters. The zero-order valence-corrected chi connectivity index (χ0v) is 24.9. The van der Waals surface area contributed by atoms with Crippen molar-refractivity contribution in [3.63, 3.8) is 0 Å². The molecule has 2 amide bonds. The van der Waals surface area contributed by atoms with E-state index in [1.54, 1.807) is 17.2 Å². The van der Waals surface area contributed by atoms with Crippen LogP contribution in [-0.4, -0.2) is 86.1 Å². The van der Waals surface area contributed by atoms with Crippen LogP contribution in [0.25, 0.3) is 5.70 Å². The van der Waals surface area contributed by atoms with Gasteiger partial charge in [0.15, 0.2) is 0 Å². The molecule has 2 bridgehead atoms. The van der Waals surface area contributed by atoms with E-state index in [0.717, 1.165) is 69.7 Å². The van der Waals surface area contributed by atoms with Crippen LogP contribution in [0.15, 0.2) is 65.2 Å². The number of urea groups is 1. The highest BCUT2D eigenvalue weighted by molar-refractivity contribution is 7.89. The second kappa shape index (κ2) is 11.3. The van der Waals surface area contributed by atoms with Gasteiger partial charge in [-0.3, -0.25) is 9.80 Å². The molecule has 6 aliphatic heterocycles. The van der Waals surface area contributed by atoms with Crippen molar-refractivity contribution in [1.82, 2.24) is 24.7 Å². The largest absolute Gasteiger partial charge is 0.361 e. The van der Waals surface area contributed by atoms with Crippen molar-refractivity contribution >= 4 is 27.4 Å². The highest BCUT2D eigenvalue weighted by atomic mass is 32.2. The lowest BCUT2D eigenvalue weighted by atomic mass is 10.1. The molecule has 1 unspecified atom stereocenters. The first-order valence-corrected chi connectivity index (χ1v) is 16.6. The second-order valence-corrected chi connectivity index (χ2v) is 14.1. The molecule has 0 spiro atoms. The number of nitrogens with two attached hydrogens (primary N) is 1. The lowest BCUT2D eigenvalue weighted by molar-refractivity contribution is 0.205. The Balaban J connectivity index is 1.07. The molecule has 0 radical (unpaired) electrons. The van der Waals surface area contributed by atoms with Crippen LogP contribution in [-0.2, 0) is 16.6 Å². The van der Waals surface area contributed by atoms with Crippen molar-refractivity contribution < 1.29 is 17.6 Å². The van der Waals surface area contributed by atoms with Crippen LogP contribution in [0.2, 0.25) is 0 Å². The molecule has 228 valence electrons. The maximum absolute atomic E-state index is 15.4. The topological polar surface area (TPSA) is 114 Å². The minimum absolute atomic E-state index is 0.0889. The van der Waals surface area contributed by atoms with Crippen LogP contribution in [0, 0.1) is 5.82 Å². The van der Waals surface area contributed by atoms with Gasteiger partial charge in [-0.2, -0.15) is 4.31 Å². The summed E-state index contributed by atoms with van der Waals surface area (Å²) in [6.45, 7) is 5.64. The molecule has 6 heterocycles. The second-order valence-electron chi connectivity index (χ2n) is 12.2. The quantitative estimate of drug-likeness (QED) is 0.463. The number of halogens is 1. The minimum Gasteiger partial charge on any atom is -0.361 e. The molecule has 2 aromatic carbocycles. The zero-order valence-electron chi connectivity index (χ0n) is 24.1. The monoisotopic (exact) mass is 607 g/mol. The summed E-state index contributed by atoms with van der Waals surface area (Å²) in [7, 11) is -3.96. The molecular weight excluding hydrogens is 569 g/mol. The Morgan fingerprint density at radius 3 is 2.37 bits per heavy atom. The highest BCUT2D eigenvalue weighted by Gasteiger charge is 2.38. The SMILES string of the molecule is NC1CCN(Cc2ccc(N3C=C4C=C(c5ccc(S(=O)(=O)N6CCN7CCC6CC7)c(F)c5)NC4NC3=O)cc2)CC1. The third-order valence-corrected chi connectivity index (χ3v) is 11.4. The molecule has 0 aliphatic carbocycles. The molecule has 10 nitrogen and oxygen atoms in total. The number of benzene rings is 2. The van der Waals surface area contributed by atoms with E-state index < -0.39 is 22.0 Å². The van der Waals surface area contributed by atoms with Gasteiger partial charge in [0, 0.05) is 54.8 Å². The molecule has 12 heteroatoms. The third kappa shape index (κ3) is 5.58. The number of nitrogens with zero attached hydrogens (tertiary/aromatic N) is 4. The van der Waals surface area contributed by atoms with E-state index in [1.165, 1.54) is 22.0 Å². The maximum Gasteiger partial charge on any atom is 0.327 e. The Kier molecular flexibility index (Phi) is 7.50. The summed E-state index contributed by atoms with van der Waals surface area (Å²) < 4.78 is 43.9. The first-order valence-electron chi connectivity index (χ1n) is 15.2. The fraction of sp³-hybridized carbons (Fsp3) is 0.452. The number of anilines is 1. The summed E-state index contributed by atoms with van der Waals surface area (Å²) in [5.74, 6) is -0.777. The van der Waals surface area contributed by atoms with Gasteiger partial charge in [0.2, 0.25) is 10.0 Å². The van der Waals surface area contributed by atoms with Gasteiger partial charge in [-0.15, -0.1) is 0 Å². The van der Waals surface area contributed by atoms with Crippen LogP contribution in [0.3, 0.4) is 0 Å². The molecule has 0 saturated carbocycles. The highest BCUT2D eigenvalue weighted by Crippen LogP contribution is 2.32. The predicted octanol–water partition coefficient (Wildman–Crippen LogP) is 2.60. The van der Waals surface area contributed by atoms with Crippen molar-refractivity contribution in [3.05, 3.63) is 77.3 Å². The van der Waals surface area contributed by atoms with Crippen LogP contribution in [0.1, 0.15) is 36.8 Å². The minimum atomic E-state index is -3.96. The molecule has 4 N–H and O–H groups in total. The Morgan fingerprint density at radius 2 is 1.65 bits per heavy atom. The molecular formula is C31H38FN7O3S. The van der Waals surface area contributed by atoms with Crippen LogP contribution < -0.4 is 21.3 Å². The number of carbonyl (C=O) groups is 1. The van der Waals surface area contributed by atoms with Crippen molar-refractivity contribution in [3.8, 4) is 0 Å². The van der Waals surface area contributed by atoms with Crippen LogP contribution in [0.5, 0.6) is 0 Å². The van der Waals surface area contributed by atoms with Crippen molar-refractivity contribution in [2.75, 3.05) is 44.2 Å². The van der Waals surface area contributed by atoms with E-state index in [0.29, 0.717) is 30.4 Å². The van der Waals surface area contributed by atoms with Gasteiger partial charge in [-0.1, -0.05) is 18.2 Å². The Hall–Kier alpha value is -3.29. The number of hydrogen-bond donors (Lipinski definition) is 3. The molecule has 0 aromatic heterocycles. The molecule has 8 rings (SSSR count). The maximum atomic E-state index is 15.4. The van der Waals surface area contributed by atoms with Crippen molar-refractivity contribution in [1.29, 1.82) is 0 Å². The van der Waals surface area contributed by atoms with Crippen molar-refractivity contribution in [2.45, 2.75) is 55.4 Å². The van der Waals surface area contributed by atoms with Crippen LogP contribution >= 0.6 is 0 Å². The molecule has 4 saturated heterocycles. The number of hydrogen-bond acceptors (Lipinski definition) is 7. The zero-order chi connectivity index (χ0) is 29.7. The molecule has 4 fully saturated rings. The fourth-order valence-electron chi connectivity index (χ4n) is 6.83. The van der Waals surface area contributed by atoms with E-state index >= 15 is 4.39 Å². The fourth-order valence-corrected chi connectivity index (χ4v) is 8.55. The van der Waals surface area contributed by atoms with E-state index in [-0.39, 0.29) is 17.0 Å². The van der Waals surface area contributed by atoms with Gasteiger partial charge in [0.25, 0.3) is 0 Å². The number of amides is 2. The first kappa shape index (κ1) is 28.5. The number of carbonyl (C=O) groups excluding carboxylic acids is 1. The standard InChI is InChI=1S/C31H38FN7O3S/c32-27-17-22(3-6-29(27)43(41,42)39-16-15-36-13-9-26(39)10-14-36)28-18-23-20-38(31(40)35-30(23)34-28)25-4-1-21(2-5-25)19-37-11-7-24(33)8-12-37/h1-6,17-18,20,24,26,30,34H,7-16,19,33H2,(H,35,40). The van der Waals surface area contributed by atoms with Gasteiger partial charge >= 0.3 is 6.03 Å². The first-order chi connectivity index (χ1) is 20.7. The molecule has 2 aromatic rings. The predicted molar refractivity (Wildman–Crippen MR) is 163 cm³/mol. The molecule has 43 heavy (non-hydrogen) atoms. The summed E-state index contributed by atoms with van der Waals surface area (Å²) in [6, 6.07) is 12.2. The Bertz CT molecular complexity index is 1560. The van der Waals surface area contributed by atoms with Gasteiger partial charge in [0.05, 0.1) is 5.69 Å². The summed E-state index contributed by atoms with van der Waals surface area (Å²) in [4.78, 5) is 18.9. The number of likely N-dealkylation sites (tertiary alicyclic amines) is 1. The third-order valence-electron chi connectivity index (χ3n) is 9.39. The number of rotatable bonds is 6.